The lowest BCUT2D eigenvalue weighted by molar-refractivity contribution is 1.23. The summed E-state index contributed by atoms with van der Waals surface area (Å²) in [5.41, 5.74) is 3.59. The average molecular weight is 172 g/mol. The first-order valence-electron chi connectivity index (χ1n) is 4.66. The predicted octanol–water partition coefficient (Wildman–Crippen LogP) is 4.14. The maximum atomic E-state index is 3.92. The van der Waals surface area contributed by atoms with E-state index in [2.05, 4.69) is 49.9 Å². The Balaban J connectivity index is 2.92. The Hall–Kier alpha value is -1.30. The maximum Gasteiger partial charge on any atom is -0.0227 e. The van der Waals surface area contributed by atoms with Crippen LogP contribution in [0.25, 0.3) is 11.6 Å². The van der Waals surface area contributed by atoms with Gasteiger partial charge in [-0.05, 0) is 30.5 Å². The lowest BCUT2D eigenvalue weighted by atomic mass is 10.1. The summed E-state index contributed by atoms with van der Waals surface area (Å²) in [6, 6.07) is 8.43. The van der Waals surface area contributed by atoms with Gasteiger partial charge in [-0.15, -0.1) is 0 Å². The van der Waals surface area contributed by atoms with Crippen LogP contribution < -0.4 is 0 Å². The normalized spacial score (nSPS) is 10.6. The number of benzene rings is 1. The lowest BCUT2D eigenvalue weighted by Crippen LogP contribution is -1.78. The Labute approximate surface area is 80.6 Å². The number of rotatable bonds is 3. The molecule has 0 saturated carbocycles. The Morgan fingerprint density at radius 1 is 1.46 bits per heavy atom. The van der Waals surface area contributed by atoms with Crippen LogP contribution in [0.4, 0.5) is 0 Å². The molecule has 0 aliphatic rings. The fourth-order valence-electron chi connectivity index (χ4n) is 1.16. The summed E-state index contributed by atoms with van der Waals surface area (Å²) in [5.74, 6) is 0. The first kappa shape index (κ1) is 9.79. The summed E-state index contributed by atoms with van der Waals surface area (Å²) in [7, 11) is 0. The second kappa shape index (κ2) is 4.66. The van der Waals surface area contributed by atoms with Gasteiger partial charge in [0, 0.05) is 0 Å². The molecule has 0 unspecified atom stereocenters. The molecule has 0 nitrogen and oxygen atoms in total. The topological polar surface area (TPSA) is 0 Å². The van der Waals surface area contributed by atoms with Gasteiger partial charge in [-0.1, -0.05) is 49.4 Å². The van der Waals surface area contributed by atoms with Crippen LogP contribution in [-0.2, 0) is 0 Å². The van der Waals surface area contributed by atoms with Crippen LogP contribution in [-0.4, -0.2) is 0 Å². The van der Waals surface area contributed by atoms with E-state index in [0.29, 0.717) is 0 Å². The van der Waals surface area contributed by atoms with Gasteiger partial charge in [0.2, 0.25) is 0 Å². The summed E-state index contributed by atoms with van der Waals surface area (Å²) >= 11 is 0. The molecule has 1 rings (SSSR count). The fourth-order valence-corrected chi connectivity index (χ4v) is 1.16. The van der Waals surface area contributed by atoms with Gasteiger partial charge in [0.05, 0.1) is 0 Å². The van der Waals surface area contributed by atoms with Crippen molar-refractivity contribution in [2.75, 3.05) is 0 Å². The summed E-state index contributed by atoms with van der Waals surface area (Å²) in [4.78, 5) is 0. The van der Waals surface area contributed by atoms with E-state index < -0.39 is 0 Å². The third-order valence-electron chi connectivity index (χ3n) is 1.93. The highest BCUT2D eigenvalue weighted by Crippen LogP contribution is 2.14. The minimum atomic E-state index is 1.08. The van der Waals surface area contributed by atoms with Crippen molar-refractivity contribution >= 4 is 11.6 Å². The largest absolute Gasteiger partial charge is 0.0955 e. The van der Waals surface area contributed by atoms with E-state index in [9.17, 15) is 0 Å². The van der Waals surface area contributed by atoms with Crippen LogP contribution in [0.15, 0.2) is 36.9 Å². The lowest BCUT2D eigenvalue weighted by Gasteiger charge is -2.00. The molecule has 0 aromatic heterocycles. The summed E-state index contributed by atoms with van der Waals surface area (Å²) in [5, 5.41) is 0. The standard InChI is InChI=1S/C13H16/c1-4-5-7-12-8-6-9-13(10-12)11(2)3/h5-10H,2,4H2,1,3H3. The number of allylic oxidation sites excluding steroid dienone is 2. The number of hydrogen-bond acceptors (Lipinski definition) is 0. The van der Waals surface area contributed by atoms with Crippen molar-refractivity contribution in [3.63, 3.8) is 0 Å². The van der Waals surface area contributed by atoms with Crippen LogP contribution in [0.3, 0.4) is 0 Å². The van der Waals surface area contributed by atoms with E-state index in [0.717, 1.165) is 12.0 Å². The highest BCUT2D eigenvalue weighted by molar-refractivity contribution is 5.64. The smallest absolute Gasteiger partial charge is 0.0227 e. The molecule has 0 saturated heterocycles. The van der Waals surface area contributed by atoms with Crippen molar-refractivity contribution in [2.24, 2.45) is 0 Å². The van der Waals surface area contributed by atoms with Crippen LogP contribution >= 0.6 is 0 Å². The van der Waals surface area contributed by atoms with Crippen molar-refractivity contribution in [1.82, 2.24) is 0 Å². The van der Waals surface area contributed by atoms with E-state index in [-0.39, 0.29) is 0 Å². The molecule has 0 aliphatic heterocycles. The zero-order valence-electron chi connectivity index (χ0n) is 8.38. The van der Waals surface area contributed by atoms with Gasteiger partial charge < -0.3 is 0 Å². The first-order chi connectivity index (χ1) is 6.24. The molecular weight excluding hydrogens is 156 g/mol. The van der Waals surface area contributed by atoms with Crippen molar-refractivity contribution in [3.05, 3.63) is 48.0 Å². The quantitative estimate of drug-likeness (QED) is 0.642. The fraction of sp³-hybridized carbons (Fsp3) is 0.231. The van der Waals surface area contributed by atoms with Crippen LogP contribution in [0, 0.1) is 0 Å². The molecule has 0 radical (unpaired) electrons. The van der Waals surface area contributed by atoms with Crippen molar-refractivity contribution in [2.45, 2.75) is 20.3 Å². The van der Waals surface area contributed by atoms with E-state index in [1.54, 1.807) is 0 Å². The minimum absolute atomic E-state index is 1.08. The predicted molar refractivity (Wildman–Crippen MR) is 60.5 cm³/mol. The zero-order valence-corrected chi connectivity index (χ0v) is 8.38. The SMILES string of the molecule is C=C(C)c1cccc(C=CCC)c1. The molecule has 0 aliphatic carbocycles. The van der Waals surface area contributed by atoms with Gasteiger partial charge in [0.15, 0.2) is 0 Å². The molecule has 0 spiro atoms. The minimum Gasteiger partial charge on any atom is -0.0955 e. The first-order valence-corrected chi connectivity index (χ1v) is 4.66. The van der Waals surface area contributed by atoms with Crippen molar-refractivity contribution < 1.29 is 0 Å². The highest BCUT2D eigenvalue weighted by atomic mass is 14.0. The van der Waals surface area contributed by atoms with Gasteiger partial charge in [-0.2, -0.15) is 0 Å². The Morgan fingerprint density at radius 3 is 2.85 bits per heavy atom. The van der Waals surface area contributed by atoms with Crippen LogP contribution in [0.2, 0.25) is 0 Å². The molecule has 0 amide bonds. The summed E-state index contributed by atoms with van der Waals surface area (Å²) in [6.45, 7) is 8.09. The van der Waals surface area contributed by atoms with E-state index >= 15 is 0 Å². The highest BCUT2D eigenvalue weighted by Gasteiger charge is 1.92. The molecule has 68 valence electrons. The molecule has 0 heteroatoms. The number of hydrogen-bond donors (Lipinski definition) is 0. The summed E-state index contributed by atoms with van der Waals surface area (Å²) in [6.07, 6.45) is 5.39. The van der Waals surface area contributed by atoms with Gasteiger partial charge in [0.1, 0.15) is 0 Å². The Kier molecular flexibility index (Phi) is 3.51. The molecule has 0 fully saturated rings. The van der Waals surface area contributed by atoms with Crippen LogP contribution in [0.1, 0.15) is 31.4 Å². The molecule has 0 bridgehead atoms. The second-order valence-electron chi connectivity index (χ2n) is 3.22. The average Bonchev–Trinajstić information content (AvgIpc) is 2.15. The van der Waals surface area contributed by atoms with Crippen molar-refractivity contribution in [3.8, 4) is 0 Å². The molecule has 13 heavy (non-hydrogen) atoms. The molecule has 0 N–H and O–H groups in total. The monoisotopic (exact) mass is 172 g/mol. The van der Waals surface area contributed by atoms with Gasteiger partial charge >= 0.3 is 0 Å². The van der Waals surface area contributed by atoms with Crippen molar-refractivity contribution in [1.29, 1.82) is 0 Å². The van der Waals surface area contributed by atoms with Crippen LogP contribution in [0.5, 0.6) is 0 Å². The van der Waals surface area contributed by atoms with Gasteiger partial charge in [-0.25, -0.2) is 0 Å². The Morgan fingerprint density at radius 2 is 2.23 bits per heavy atom. The summed E-state index contributed by atoms with van der Waals surface area (Å²) < 4.78 is 0. The molecule has 1 aromatic rings. The van der Waals surface area contributed by atoms with Gasteiger partial charge in [-0.3, -0.25) is 0 Å². The second-order valence-corrected chi connectivity index (χ2v) is 3.22. The van der Waals surface area contributed by atoms with E-state index in [1.165, 1.54) is 11.1 Å². The van der Waals surface area contributed by atoms with Gasteiger partial charge in [0.25, 0.3) is 0 Å². The van der Waals surface area contributed by atoms with E-state index in [4.69, 9.17) is 0 Å². The Bertz CT molecular complexity index is 319. The third-order valence-corrected chi connectivity index (χ3v) is 1.93. The van der Waals surface area contributed by atoms with E-state index in [1.807, 2.05) is 6.92 Å². The molecule has 0 atom stereocenters. The zero-order chi connectivity index (χ0) is 9.68. The molecule has 0 heterocycles. The maximum absolute atomic E-state index is 3.92. The molecule has 1 aromatic carbocycles. The molecular formula is C13H16. The third kappa shape index (κ3) is 2.90.